The molecular weight excluding hydrogens is 588 g/mol. The highest BCUT2D eigenvalue weighted by atomic mass is 32.2. The van der Waals surface area contributed by atoms with Crippen molar-refractivity contribution in [3.05, 3.63) is 90.3 Å². The van der Waals surface area contributed by atoms with Crippen molar-refractivity contribution in [3.8, 4) is 22.8 Å². The number of hydrogen-bond acceptors (Lipinski definition) is 6. The first-order chi connectivity index (χ1) is 20.6. The van der Waals surface area contributed by atoms with Crippen LogP contribution < -0.4 is 15.0 Å². The first-order valence-electron chi connectivity index (χ1n) is 13.2. The Balaban J connectivity index is 1.19. The lowest BCUT2D eigenvalue weighted by Crippen LogP contribution is -2.35. The van der Waals surface area contributed by atoms with E-state index in [2.05, 4.69) is 25.1 Å². The van der Waals surface area contributed by atoms with E-state index in [9.17, 15) is 27.5 Å². The van der Waals surface area contributed by atoms with E-state index >= 15 is 0 Å². The van der Waals surface area contributed by atoms with Crippen LogP contribution in [-0.4, -0.2) is 56.0 Å². The number of nitrogens with one attached hydrogen (secondary N) is 1. The van der Waals surface area contributed by atoms with Crippen LogP contribution in [0.5, 0.6) is 5.75 Å². The van der Waals surface area contributed by atoms with E-state index in [1.807, 2.05) is 31.2 Å². The fourth-order valence-electron chi connectivity index (χ4n) is 4.40. The molecule has 14 heteroatoms. The first-order valence-corrected chi connectivity index (χ1v) is 14.2. The van der Waals surface area contributed by atoms with Crippen molar-refractivity contribution in [1.82, 2.24) is 20.1 Å². The average molecular weight is 615 g/mol. The molecule has 3 aromatic carbocycles. The van der Waals surface area contributed by atoms with Crippen LogP contribution in [0.2, 0.25) is 0 Å². The second kappa shape index (κ2) is 12.8. The van der Waals surface area contributed by atoms with Crippen LogP contribution in [0.1, 0.15) is 24.2 Å². The molecule has 5 rings (SSSR count). The summed E-state index contributed by atoms with van der Waals surface area (Å²) in [5.41, 5.74) is 3.15. The van der Waals surface area contributed by atoms with E-state index in [4.69, 9.17) is 0 Å². The molecule has 0 radical (unpaired) electrons. The summed E-state index contributed by atoms with van der Waals surface area (Å²) in [5.74, 6) is 0.318. The molecule has 2 amide bonds. The Hall–Kier alpha value is -4.43. The zero-order valence-corrected chi connectivity index (χ0v) is 23.5. The molecule has 4 aromatic rings. The van der Waals surface area contributed by atoms with Gasteiger partial charge in [0.2, 0.25) is 0 Å². The molecule has 1 aromatic heterocycles. The number of halogens is 4. The summed E-state index contributed by atoms with van der Waals surface area (Å²) in [4.78, 5) is 22.5. The number of carbonyl (C=O) groups is 1. The van der Waals surface area contributed by atoms with Gasteiger partial charge in [0.15, 0.2) is 11.0 Å². The van der Waals surface area contributed by atoms with Gasteiger partial charge in [-0.1, -0.05) is 61.2 Å². The molecular formula is C29H26F4N6O3S. The molecule has 2 unspecified atom stereocenters. The molecule has 0 saturated carbocycles. The van der Waals surface area contributed by atoms with Gasteiger partial charge in [0, 0.05) is 17.0 Å². The number of hydrogen-bond donors (Lipinski definition) is 2. The lowest BCUT2D eigenvalue weighted by Gasteiger charge is -2.24. The third kappa shape index (κ3) is 7.32. The third-order valence-corrected chi connectivity index (χ3v) is 7.50. The second-order valence-electron chi connectivity index (χ2n) is 9.37. The normalized spacial score (nSPS) is 16.8. The third-order valence-electron chi connectivity index (χ3n) is 6.48. The van der Waals surface area contributed by atoms with Gasteiger partial charge in [-0.3, -0.25) is 4.90 Å². The Morgan fingerprint density at radius 1 is 1.14 bits per heavy atom. The average Bonchev–Trinajstić information content (AvgIpc) is 3.62. The number of nitrogens with zero attached hydrogens (tertiary/aromatic N) is 5. The zero-order chi connectivity index (χ0) is 30.6. The predicted molar refractivity (Wildman–Crippen MR) is 155 cm³/mol. The minimum atomic E-state index is -4.78. The maximum absolute atomic E-state index is 15.0. The van der Waals surface area contributed by atoms with Gasteiger partial charge in [-0.15, -0.1) is 18.3 Å². The van der Waals surface area contributed by atoms with Crippen LogP contribution in [-0.2, 0) is 6.42 Å². The van der Waals surface area contributed by atoms with Crippen LogP contribution >= 0.6 is 11.8 Å². The summed E-state index contributed by atoms with van der Waals surface area (Å²) >= 11 is 1.25. The summed E-state index contributed by atoms with van der Waals surface area (Å²) in [5, 5.41) is 17.7. The fourth-order valence-corrected chi connectivity index (χ4v) is 5.35. The van der Waals surface area contributed by atoms with Crippen LogP contribution in [0.3, 0.4) is 0 Å². The highest BCUT2D eigenvalue weighted by molar-refractivity contribution is 8.14. The summed E-state index contributed by atoms with van der Waals surface area (Å²) in [7, 11) is 0. The Kier molecular flexibility index (Phi) is 8.97. The number of para-hydroxylation sites is 1. The topological polar surface area (TPSA) is 105 Å². The maximum atomic E-state index is 15.0. The number of thioether (sulfide) groups is 1. The molecule has 224 valence electrons. The van der Waals surface area contributed by atoms with Crippen molar-refractivity contribution in [2.75, 3.05) is 17.2 Å². The smallest absolute Gasteiger partial charge is 0.406 e. The molecule has 1 fully saturated rings. The van der Waals surface area contributed by atoms with Crippen molar-refractivity contribution in [1.29, 1.82) is 0 Å². The number of rotatable bonds is 8. The molecule has 1 saturated heterocycles. The van der Waals surface area contributed by atoms with Crippen molar-refractivity contribution in [3.63, 3.8) is 0 Å². The van der Waals surface area contributed by atoms with Crippen molar-refractivity contribution in [2.24, 2.45) is 4.99 Å². The molecule has 1 aliphatic rings. The number of aromatic nitrogens is 3. The van der Waals surface area contributed by atoms with E-state index in [0.717, 1.165) is 17.7 Å². The number of aliphatic hydroxyl groups is 1. The number of ether oxygens (including phenoxy) is 1. The number of amides is 2. The highest BCUT2D eigenvalue weighted by Gasteiger charge is 2.32. The number of alkyl halides is 4. The lowest BCUT2D eigenvalue weighted by atomic mass is 10.1. The Morgan fingerprint density at radius 3 is 2.56 bits per heavy atom. The van der Waals surface area contributed by atoms with Gasteiger partial charge in [0.05, 0.1) is 12.2 Å². The van der Waals surface area contributed by atoms with Crippen LogP contribution in [0, 0.1) is 0 Å². The second-order valence-corrected chi connectivity index (χ2v) is 10.4. The van der Waals surface area contributed by atoms with E-state index in [0.29, 0.717) is 33.6 Å². The number of benzene rings is 3. The highest BCUT2D eigenvalue weighted by Crippen LogP contribution is 2.32. The first kappa shape index (κ1) is 30.0. The number of amidine groups is 1. The van der Waals surface area contributed by atoms with Crippen molar-refractivity contribution in [2.45, 2.75) is 32.1 Å². The van der Waals surface area contributed by atoms with Gasteiger partial charge in [-0.25, -0.2) is 18.9 Å². The predicted octanol–water partition coefficient (Wildman–Crippen LogP) is 6.04. The number of aliphatic hydroxyl groups excluding tert-OH is 1. The largest absolute Gasteiger partial charge is 0.573 e. The van der Waals surface area contributed by atoms with E-state index in [1.165, 1.54) is 47.0 Å². The molecule has 1 aliphatic heterocycles. The van der Waals surface area contributed by atoms with Crippen molar-refractivity contribution >= 4 is 28.6 Å². The molecule has 9 nitrogen and oxygen atoms in total. The Morgan fingerprint density at radius 2 is 1.86 bits per heavy atom. The van der Waals surface area contributed by atoms with Crippen LogP contribution in [0.25, 0.3) is 17.1 Å². The molecule has 2 N–H and O–H groups in total. The summed E-state index contributed by atoms with van der Waals surface area (Å²) < 4.78 is 57.4. The Bertz CT molecular complexity index is 1600. The molecule has 43 heavy (non-hydrogen) atoms. The number of urea groups is 1. The standard InChI is InChI=1S/C29H26F4N6O3S/c1-2-18-5-3-4-6-24(18)39-25(40)16-43-28(39)36-27(41)34-15-23(30)19-7-9-20(10-8-19)26-35-17-38(37-26)21-11-13-22(14-12-21)42-29(31,32)33/h3-14,17,23,25,40H,2,15-16H2,1H3,(H,34,41). The maximum Gasteiger partial charge on any atom is 0.573 e. The summed E-state index contributed by atoms with van der Waals surface area (Å²) in [6.07, 6.45) is -4.99. The van der Waals surface area contributed by atoms with Gasteiger partial charge >= 0.3 is 12.4 Å². The monoisotopic (exact) mass is 614 g/mol. The van der Waals surface area contributed by atoms with Gasteiger partial charge in [0.25, 0.3) is 0 Å². The lowest BCUT2D eigenvalue weighted by molar-refractivity contribution is -0.274. The molecule has 2 atom stereocenters. The van der Waals surface area contributed by atoms with Crippen LogP contribution in [0.4, 0.5) is 28.0 Å². The Labute approximate surface area is 248 Å². The number of aliphatic imine (C=N–C) groups is 1. The summed E-state index contributed by atoms with van der Waals surface area (Å²) in [6.45, 7) is 1.69. The molecule has 0 bridgehead atoms. The van der Waals surface area contributed by atoms with Gasteiger partial charge in [0.1, 0.15) is 24.5 Å². The fraction of sp³-hybridized carbons (Fsp3) is 0.241. The molecule has 0 aliphatic carbocycles. The molecule has 2 heterocycles. The SMILES string of the molecule is CCc1ccccc1N1C(=NC(=O)NCC(F)c2ccc(-c3ncn(-c4ccc(OC(F)(F)F)cc4)n3)cc2)SCC1O. The summed E-state index contributed by atoms with van der Waals surface area (Å²) in [6, 6.07) is 18.3. The van der Waals surface area contributed by atoms with Gasteiger partial charge in [-0.2, -0.15) is 4.99 Å². The minimum Gasteiger partial charge on any atom is -0.406 e. The van der Waals surface area contributed by atoms with E-state index in [1.54, 1.807) is 29.2 Å². The number of carbonyl (C=O) groups excluding carboxylic acids is 1. The molecule has 0 spiro atoms. The quantitative estimate of drug-likeness (QED) is 0.233. The van der Waals surface area contributed by atoms with E-state index < -0.39 is 24.8 Å². The number of anilines is 1. The van der Waals surface area contributed by atoms with Crippen molar-refractivity contribution < 1.29 is 32.2 Å². The van der Waals surface area contributed by atoms with Gasteiger partial charge in [-0.05, 0) is 47.9 Å². The number of aryl methyl sites for hydroxylation is 1. The minimum absolute atomic E-state index is 0.311. The van der Waals surface area contributed by atoms with Gasteiger partial charge < -0.3 is 15.2 Å². The zero-order valence-electron chi connectivity index (χ0n) is 22.7. The van der Waals surface area contributed by atoms with Crippen LogP contribution in [0.15, 0.2) is 84.1 Å². The van der Waals surface area contributed by atoms with E-state index in [-0.39, 0.29) is 12.3 Å².